The monoisotopic (exact) mass is 454 g/mol. The molecular formula is C23H26N4O4S. The number of ketones is 1. The van der Waals surface area contributed by atoms with E-state index in [1.165, 1.54) is 42.5 Å². The van der Waals surface area contributed by atoms with E-state index in [0.717, 1.165) is 11.3 Å². The Hall–Kier alpha value is -3.30. The summed E-state index contributed by atoms with van der Waals surface area (Å²) in [6, 6.07) is 15.5. The fourth-order valence-electron chi connectivity index (χ4n) is 3.09. The van der Waals surface area contributed by atoms with Gasteiger partial charge in [-0.3, -0.25) is 9.59 Å². The van der Waals surface area contributed by atoms with E-state index in [4.69, 9.17) is 0 Å². The first-order valence-electron chi connectivity index (χ1n) is 10.2. The summed E-state index contributed by atoms with van der Waals surface area (Å²) in [4.78, 5) is 23.6. The lowest BCUT2D eigenvalue weighted by Gasteiger charge is -2.17. The van der Waals surface area contributed by atoms with Crippen LogP contribution in [0, 0.1) is 0 Å². The van der Waals surface area contributed by atoms with Crippen molar-refractivity contribution in [2.45, 2.75) is 31.2 Å². The number of nitrogens with one attached hydrogen (secondary N) is 1. The van der Waals surface area contributed by atoms with Crippen LogP contribution in [0.1, 0.15) is 35.7 Å². The fraction of sp³-hybridized carbons (Fsp3) is 0.261. The highest BCUT2D eigenvalue weighted by Gasteiger charge is 2.20. The molecule has 1 heterocycles. The third kappa shape index (κ3) is 5.89. The van der Waals surface area contributed by atoms with Crippen molar-refractivity contribution in [3.63, 3.8) is 0 Å². The second kappa shape index (κ2) is 10.3. The quantitative estimate of drug-likeness (QED) is 0.475. The van der Waals surface area contributed by atoms with Gasteiger partial charge in [-0.05, 0) is 37.6 Å². The summed E-state index contributed by atoms with van der Waals surface area (Å²) in [5.41, 5.74) is 2.26. The zero-order valence-electron chi connectivity index (χ0n) is 18.1. The molecule has 9 heteroatoms. The molecule has 1 amide bonds. The maximum absolute atomic E-state index is 12.7. The molecule has 0 aliphatic rings. The molecule has 1 aromatic heterocycles. The number of Topliss-reactive ketones (excluding diaryl/α,β-unsaturated/α-hetero) is 1. The average molecular weight is 455 g/mol. The van der Waals surface area contributed by atoms with E-state index < -0.39 is 10.0 Å². The van der Waals surface area contributed by atoms with E-state index in [2.05, 4.69) is 10.4 Å². The Morgan fingerprint density at radius 1 is 1.06 bits per heavy atom. The number of aromatic nitrogens is 2. The Bertz CT molecular complexity index is 1170. The number of nitrogens with zero attached hydrogens (tertiary/aromatic N) is 3. The number of hydrogen-bond donors (Lipinski definition) is 1. The first-order valence-corrected chi connectivity index (χ1v) is 11.6. The van der Waals surface area contributed by atoms with Gasteiger partial charge in [0.15, 0.2) is 5.78 Å². The molecule has 0 aliphatic heterocycles. The zero-order valence-corrected chi connectivity index (χ0v) is 18.9. The minimum atomic E-state index is -3.68. The van der Waals surface area contributed by atoms with Crippen LogP contribution in [0.4, 0.5) is 0 Å². The van der Waals surface area contributed by atoms with Crippen LogP contribution in [0.3, 0.4) is 0 Å². The first kappa shape index (κ1) is 23.4. The maximum atomic E-state index is 12.7. The van der Waals surface area contributed by atoms with Crippen LogP contribution in [-0.2, 0) is 21.4 Å². The summed E-state index contributed by atoms with van der Waals surface area (Å²) in [5.74, 6) is -0.283. The van der Waals surface area contributed by atoms with Gasteiger partial charge in [0.05, 0.1) is 16.8 Å². The number of amides is 1. The molecule has 32 heavy (non-hydrogen) atoms. The molecule has 2 aromatic carbocycles. The normalized spacial score (nSPS) is 11.5. The van der Waals surface area contributed by atoms with Gasteiger partial charge in [0, 0.05) is 43.9 Å². The lowest BCUT2D eigenvalue weighted by molar-refractivity contribution is -0.121. The molecule has 3 aromatic rings. The molecule has 0 radical (unpaired) electrons. The molecule has 0 atom stereocenters. The molecule has 168 valence electrons. The van der Waals surface area contributed by atoms with Crippen molar-refractivity contribution in [3.05, 3.63) is 78.1 Å². The lowest BCUT2D eigenvalue weighted by atomic mass is 10.2. The van der Waals surface area contributed by atoms with Crippen molar-refractivity contribution in [1.82, 2.24) is 19.4 Å². The first-order chi connectivity index (χ1) is 15.3. The Balaban J connectivity index is 1.45. The van der Waals surface area contributed by atoms with Crippen LogP contribution in [0.5, 0.6) is 0 Å². The number of hydrogen-bond acceptors (Lipinski definition) is 5. The fourth-order valence-corrected chi connectivity index (χ4v) is 4.30. The van der Waals surface area contributed by atoms with Gasteiger partial charge in [0.1, 0.15) is 0 Å². The topological polar surface area (TPSA) is 101 Å². The van der Waals surface area contributed by atoms with Crippen LogP contribution in [0.2, 0.25) is 0 Å². The molecule has 3 rings (SSSR count). The third-order valence-corrected chi connectivity index (χ3v) is 6.86. The van der Waals surface area contributed by atoms with Crippen molar-refractivity contribution in [1.29, 1.82) is 0 Å². The van der Waals surface area contributed by atoms with Crippen LogP contribution in [-0.4, -0.2) is 47.8 Å². The van der Waals surface area contributed by atoms with Crippen molar-refractivity contribution in [2.75, 3.05) is 13.6 Å². The predicted octanol–water partition coefficient (Wildman–Crippen LogP) is 2.79. The van der Waals surface area contributed by atoms with E-state index >= 15 is 0 Å². The van der Waals surface area contributed by atoms with Gasteiger partial charge in [-0.25, -0.2) is 17.4 Å². The number of benzene rings is 2. The Kier molecular flexibility index (Phi) is 7.55. The molecule has 0 fully saturated rings. The Morgan fingerprint density at radius 2 is 1.75 bits per heavy atom. The number of rotatable bonds is 10. The molecule has 0 spiro atoms. The predicted molar refractivity (Wildman–Crippen MR) is 121 cm³/mol. The summed E-state index contributed by atoms with van der Waals surface area (Å²) >= 11 is 0. The Labute approximate surface area is 187 Å². The number of para-hydroxylation sites is 1. The van der Waals surface area contributed by atoms with Crippen molar-refractivity contribution >= 4 is 21.7 Å². The van der Waals surface area contributed by atoms with Crippen molar-refractivity contribution in [3.8, 4) is 5.69 Å². The number of carbonyl (C=O) groups is 2. The van der Waals surface area contributed by atoms with Gasteiger partial charge in [0.2, 0.25) is 15.9 Å². The number of sulfonamides is 1. The van der Waals surface area contributed by atoms with Gasteiger partial charge in [-0.1, -0.05) is 30.3 Å². The second-order valence-electron chi connectivity index (χ2n) is 7.42. The summed E-state index contributed by atoms with van der Waals surface area (Å²) in [7, 11) is -2.20. The van der Waals surface area contributed by atoms with Gasteiger partial charge in [-0.2, -0.15) is 5.10 Å². The van der Waals surface area contributed by atoms with Crippen LogP contribution >= 0.6 is 0 Å². The minimum absolute atomic E-state index is 0.116. The molecule has 0 saturated heterocycles. The SMILES string of the molecule is CC(=O)c1ccc(S(=O)(=O)N(C)CCCC(=O)NCc2cnn(-c3ccccc3)c2)cc1. The Morgan fingerprint density at radius 3 is 2.41 bits per heavy atom. The third-order valence-electron chi connectivity index (χ3n) is 4.99. The van der Waals surface area contributed by atoms with E-state index in [1.54, 1.807) is 10.9 Å². The zero-order chi connectivity index (χ0) is 23.1. The average Bonchev–Trinajstić information content (AvgIpc) is 3.27. The second-order valence-corrected chi connectivity index (χ2v) is 9.46. The molecule has 0 saturated carbocycles. The molecule has 1 N–H and O–H groups in total. The van der Waals surface area contributed by atoms with E-state index in [0.29, 0.717) is 18.5 Å². The summed E-state index contributed by atoms with van der Waals surface area (Å²) in [6.07, 6.45) is 4.14. The smallest absolute Gasteiger partial charge is 0.242 e. The van der Waals surface area contributed by atoms with Gasteiger partial charge in [0.25, 0.3) is 0 Å². The summed E-state index contributed by atoms with van der Waals surface area (Å²) in [6.45, 7) is 1.98. The molecule has 0 aliphatic carbocycles. The van der Waals surface area contributed by atoms with E-state index in [-0.39, 0.29) is 29.6 Å². The summed E-state index contributed by atoms with van der Waals surface area (Å²) < 4.78 is 28.3. The van der Waals surface area contributed by atoms with E-state index in [9.17, 15) is 18.0 Å². The van der Waals surface area contributed by atoms with Gasteiger partial charge < -0.3 is 5.32 Å². The highest BCUT2D eigenvalue weighted by Crippen LogP contribution is 2.16. The lowest BCUT2D eigenvalue weighted by Crippen LogP contribution is -2.29. The molecule has 8 nitrogen and oxygen atoms in total. The highest BCUT2D eigenvalue weighted by molar-refractivity contribution is 7.89. The maximum Gasteiger partial charge on any atom is 0.242 e. The number of carbonyl (C=O) groups excluding carboxylic acids is 2. The minimum Gasteiger partial charge on any atom is -0.352 e. The largest absolute Gasteiger partial charge is 0.352 e. The van der Waals surface area contributed by atoms with Crippen molar-refractivity contribution < 1.29 is 18.0 Å². The molecule has 0 bridgehead atoms. The summed E-state index contributed by atoms with van der Waals surface area (Å²) in [5, 5.41) is 7.13. The standard InChI is InChI=1S/C23H26N4O4S/c1-18(28)20-10-12-22(13-11-20)32(30,31)26(2)14-6-9-23(29)24-15-19-16-25-27(17-19)21-7-4-3-5-8-21/h3-5,7-8,10-13,16-17H,6,9,14-15H2,1-2H3,(H,24,29). The van der Waals surface area contributed by atoms with Gasteiger partial charge in [-0.15, -0.1) is 0 Å². The molecule has 0 unspecified atom stereocenters. The van der Waals surface area contributed by atoms with Crippen molar-refractivity contribution in [2.24, 2.45) is 0 Å². The van der Waals surface area contributed by atoms with E-state index in [1.807, 2.05) is 36.5 Å². The highest BCUT2D eigenvalue weighted by atomic mass is 32.2. The van der Waals surface area contributed by atoms with Crippen LogP contribution in [0.15, 0.2) is 71.9 Å². The van der Waals surface area contributed by atoms with Crippen LogP contribution < -0.4 is 5.32 Å². The van der Waals surface area contributed by atoms with Crippen LogP contribution in [0.25, 0.3) is 5.69 Å². The molecular weight excluding hydrogens is 428 g/mol. The van der Waals surface area contributed by atoms with Gasteiger partial charge >= 0.3 is 0 Å².